The number of carbonyl (C=O) groups is 1. The molecule has 0 spiro atoms. The molecule has 0 aliphatic heterocycles. The molecule has 0 atom stereocenters. The number of thioether (sulfide) groups is 1. The first-order valence-corrected chi connectivity index (χ1v) is 10.9. The molecular formula is C24H21BrO3S. The molecule has 1 N–H and O–H groups in total. The van der Waals surface area contributed by atoms with E-state index in [-0.39, 0.29) is 6.61 Å². The minimum atomic E-state index is -0.977. The molecule has 3 aromatic carbocycles. The Morgan fingerprint density at radius 2 is 1.72 bits per heavy atom. The lowest BCUT2D eigenvalue weighted by atomic mass is 9.98. The molecule has 0 bridgehead atoms. The van der Waals surface area contributed by atoms with E-state index in [1.165, 1.54) is 16.7 Å². The van der Waals surface area contributed by atoms with Crippen LogP contribution < -0.4 is 4.74 Å². The first-order valence-electron chi connectivity index (χ1n) is 9.12. The molecule has 148 valence electrons. The Morgan fingerprint density at radius 1 is 1.03 bits per heavy atom. The molecule has 0 saturated carbocycles. The topological polar surface area (TPSA) is 46.5 Å². The van der Waals surface area contributed by atoms with Gasteiger partial charge in [0, 0.05) is 15.1 Å². The van der Waals surface area contributed by atoms with Crippen LogP contribution in [0.15, 0.2) is 88.2 Å². The molecule has 0 unspecified atom stereocenters. The molecular weight excluding hydrogens is 448 g/mol. The van der Waals surface area contributed by atoms with Crippen LogP contribution in [0.5, 0.6) is 5.75 Å². The minimum absolute atomic E-state index is 0.330. The van der Waals surface area contributed by atoms with Crippen LogP contribution >= 0.6 is 27.7 Å². The fraction of sp³-hybridized carbons (Fsp3) is 0.125. The summed E-state index contributed by atoms with van der Waals surface area (Å²) in [6.45, 7) is 1.60. The van der Waals surface area contributed by atoms with Crippen LogP contribution in [0.2, 0.25) is 0 Å². The number of carboxylic acids is 1. The van der Waals surface area contributed by atoms with Crippen molar-refractivity contribution in [3.63, 3.8) is 0 Å². The van der Waals surface area contributed by atoms with Gasteiger partial charge in [-0.1, -0.05) is 64.5 Å². The molecule has 29 heavy (non-hydrogen) atoms. The lowest BCUT2D eigenvalue weighted by molar-refractivity contribution is -0.139. The van der Waals surface area contributed by atoms with Gasteiger partial charge < -0.3 is 9.84 Å². The number of hydrogen-bond acceptors (Lipinski definition) is 3. The van der Waals surface area contributed by atoms with E-state index in [9.17, 15) is 4.79 Å². The fourth-order valence-corrected chi connectivity index (χ4v) is 4.02. The van der Waals surface area contributed by atoms with Crippen molar-refractivity contribution < 1.29 is 14.6 Å². The number of aryl methyl sites for hydroxylation is 1. The maximum atomic E-state index is 10.7. The number of hydrogen-bond donors (Lipinski definition) is 1. The minimum Gasteiger partial charge on any atom is -0.482 e. The van der Waals surface area contributed by atoms with E-state index in [4.69, 9.17) is 9.84 Å². The lowest BCUT2D eigenvalue weighted by Gasteiger charge is -2.10. The molecule has 0 heterocycles. The van der Waals surface area contributed by atoms with Gasteiger partial charge in [0.05, 0.1) is 0 Å². The zero-order valence-corrected chi connectivity index (χ0v) is 18.4. The highest BCUT2D eigenvalue weighted by molar-refractivity contribution is 9.10. The normalized spacial score (nSPS) is 11.3. The van der Waals surface area contributed by atoms with Gasteiger partial charge in [0.15, 0.2) is 6.61 Å². The summed E-state index contributed by atoms with van der Waals surface area (Å²) in [6.07, 6.45) is 2.24. The summed E-state index contributed by atoms with van der Waals surface area (Å²) in [7, 11) is 0. The number of rotatable bonds is 8. The van der Waals surface area contributed by atoms with E-state index in [1.807, 2.05) is 43.3 Å². The summed E-state index contributed by atoms with van der Waals surface area (Å²) >= 11 is 5.23. The van der Waals surface area contributed by atoms with E-state index in [0.717, 1.165) is 20.7 Å². The Hall–Kier alpha value is -2.50. The van der Waals surface area contributed by atoms with Gasteiger partial charge in [0.25, 0.3) is 0 Å². The third kappa shape index (κ3) is 6.24. The van der Waals surface area contributed by atoms with Crippen LogP contribution in [0.4, 0.5) is 0 Å². The quantitative estimate of drug-likeness (QED) is 0.386. The monoisotopic (exact) mass is 468 g/mol. The van der Waals surface area contributed by atoms with Crippen molar-refractivity contribution in [1.29, 1.82) is 0 Å². The second-order valence-corrected chi connectivity index (χ2v) is 8.42. The summed E-state index contributed by atoms with van der Waals surface area (Å²) < 4.78 is 6.36. The molecule has 0 amide bonds. The van der Waals surface area contributed by atoms with Crippen molar-refractivity contribution in [3.05, 3.63) is 100 Å². The third-order valence-electron chi connectivity index (χ3n) is 4.28. The maximum absolute atomic E-state index is 10.7. The Labute approximate surface area is 183 Å². The second-order valence-electron chi connectivity index (χ2n) is 6.41. The lowest BCUT2D eigenvalue weighted by Crippen LogP contribution is -2.09. The van der Waals surface area contributed by atoms with E-state index in [2.05, 4.69) is 58.4 Å². The van der Waals surface area contributed by atoms with Crippen molar-refractivity contribution in [1.82, 2.24) is 0 Å². The van der Waals surface area contributed by atoms with Crippen LogP contribution in [-0.2, 0) is 4.79 Å². The first kappa shape index (κ1) is 21.2. The summed E-state index contributed by atoms with van der Waals surface area (Å²) in [5, 5.41) is 8.75. The molecule has 0 aromatic heterocycles. The smallest absolute Gasteiger partial charge is 0.341 e. The van der Waals surface area contributed by atoms with E-state index in [0.29, 0.717) is 5.75 Å². The number of halogens is 1. The van der Waals surface area contributed by atoms with Crippen LogP contribution in [0.3, 0.4) is 0 Å². The molecule has 0 aliphatic carbocycles. The van der Waals surface area contributed by atoms with Gasteiger partial charge in [-0.3, -0.25) is 0 Å². The summed E-state index contributed by atoms with van der Waals surface area (Å²) in [5.41, 5.74) is 4.48. The largest absolute Gasteiger partial charge is 0.482 e. The van der Waals surface area contributed by atoms with Crippen LogP contribution in [0.25, 0.3) is 5.57 Å². The van der Waals surface area contributed by atoms with Gasteiger partial charge >= 0.3 is 5.97 Å². The van der Waals surface area contributed by atoms with Gasteiger partial charge in [0.1, 0.15) is 5.75 Å². The molecule has 0 aliphatic rings. The number of ether oxygens (including phenoxy) is 1. The van der Waals surface area contributed by atoms with Crippen LogP contribution in [-0.4, -0.2) is 23.4 Å². The van der Waals surface area contributed by atoms with E-state index in [1.54, 1.807) is 11.8 Å². The Morgan fingerprint density at radius 3 is 2.38 bits per heavy atom. The molecule has 3 rings (SSSR count). The molecule has 5 heteroatoms. The zero-order valence-electron chi connectivity index (χ0n) is 16.0. The number of benzene rings is 3. The predicted octanol–water partition coefficient (Wildman–Crippen LogP) is 6.44. The average Bonchev–Trinajstić information content (AvgIpc) is 2.72. The highest BCUT2D eigenvalue weighted by atomic mass is 79.9. The standard InChI is InChI=1S/C24H21BrO3S/c1-17-15-21(11-12-23(17)28-16-24(26)27)29-14-13-22(18-5-3-2-4-6-18)19-7-9-20(25)10-8-19/h2-13,15H,14,16H2,1H3,(H,26,27)/b22-13+. The molecule has 0 fully saturated rings. The summed E-state index contributed by atoms with van der Waals surface area (Å²) in [5.74, 6) is 0.441. The fourth-order valence-electron chi connectivity index (χ4n) is 2.88. The van der Waals surface area contributed by atoms with E-state index < -0.39 is 5.97 Å². The number of carboxylic acid groups (broad SMARTS) is 1. The van der Waals surface area contributed by atoms with Crippen molar-refractivity contribution in [2.45, 2.75) is 11.8 Å². The SMILES string of the molecule is Cc1cc(SC/C=C(\c2ccccc2)c2ccc(Br)cc2)ccc1OCC(=O)O. The van der Waals surface area contributed by atoms with Gasteiger partial charge in [-0.15, -0.1) is 11.8 Å². The maximum Gasteiger partial charge on any atom is 0.341 e. The van der Waals surface area contributed by atoms with Crippen LogP contribution in [0, 0.1) is 6.92 Å². The first-order chi connectivity index (χ1) is 14.0. The van der Waals surface area contributed by atoms with Gasteiger partial charge in [0.2, 0.25) is 0 Å². The van der Waals surface area contributed by atoms with Crippen molar-refractivity contribution in [3.8, 4) is 5.75 Å². The number of aliphatic carboxylic acids is 1. The van der Waals surface area contributed by atoms with Crippen LogP contribution in [0.1, 0.15) is 16.7 Å². The van der Waals surface area contributed by atoms with Crippen molar-refractivity contribution >= 4 is 39.2 Å². The zero-order chi connectivity index (χ0) is 20.6. The summed E-state index contributed by atoms with van der Waals surface area (Å²) in [6, 6.07) is 24.5. The van der Waals surface area contributed by atoms with Crippen molar-refractivity contribution in [2.75, 3.05) is 12.4 Å². The predicted molar refractivity (Wildman–Crippen MR) is 123 cm³/mol. The second kappa shape index (κ2) is 10.3. The summed E-state index contributed by atoms with van der Waals surface area (Å²) in [4.78, 5) is 11.8. The molecule has 3 nitrogen and oxygen atoms in total. The van der Waals surface area contributed by atoms with Gasteiger partial charge in [-0.05, 0) is 59.5 Å². The third-order valence-corrected chi connectivity index (χ3v) is 5.72. The van der Waals surface area contributed by atoms with Gasteiger partial charge in [-0.2, -0.15) is 0 Å². The Kier molecular flexibility index (Phi) is 7.55. The average molecular weight is 469 g/mol. The van der Waals surface area contributed by atoms with E-state index >= 15 is 0 Å². The van der Waals surface area contributed by atoms with Crippen molar-refractivity contribution in [2.24, 2.45) is 0 Å². The van der Waals surface area contributed by atoms with Gasteiger partial charge in [-0.25, -0.2) is 4.79 Å². The molecule has 0 radical (unpaired) electrons. The Balaban J connectivity index is 1.75. The highest BCUT2D eigenvalue weighted by Gasteiger charge is 2.07. The molecule has 0 saturated heterocycles. The Bertz CT molecular complexity index is 998. The highest BCUT2D eigenvalue weighted by Crippen LogP contribution is 2.29. The molecule has 3 aromatic rings.